The molecule has 0 aliphatic heterocycles. The van der Waals surface area contributed by atoms with Crippen LogP contribution >= 0.6 is 27.3 Å². The maximum atomic E-state index is 4.25. The number of rotatable bonds is 5. The predicted octanol–water partition coefficient (Wildman–Crippen LogP) is 3.33. The van der Waals surface area contributed by atoms with Crippen molar-refractivity contribution < 1.29 is 0 Å². The predicted molar refractivity (Wildman–Crippen MR) is 75.4 cm³/mol. The number of nitrogens with zero attached hydrogens (tertiary/aromatic N) is 2. The van der Waals surface area contributed by atoms with Gasteiger partial charge in [-0.2, -0.15) is 5.10 Å². The summed E-state index contributed by atoms with van der Waals surface area (Å²) in [6.07, 6.45) is 5.12. The molecule has 0 aliphatic rings. The van der Waals surface area contributed by atoms with E-state index in [4.69, 9.17) is 0 Å². The summed E-state index contributed by atoms with van der Waals surface area (Å²) >= 11 is 5.37. The highest BCUT2D eigenvalue weighted by molar-refractivity contribution is 9.10. The Labute approximate surface area is 114 Å². The lowest BCUT2D eigenvalue weighted by molar-refractivity contribution is 0.604. The minimum Gasteiger partial charge on any atom is -0.305 e. The van der Waals surface area contributed by atoms with Crippen LogP contribution in [0.15, 0.2) is 28.3 Å². The molecule has 0 saturated carbocycles. The third-order valence-corrected chi connectivity index (χ3v) is 4.50. The van der Waals surface area contributed by atoms with Gasteiger partial charge in [0.25, 0.3) is 0 Å². The molecule has 1 unspecified atom stereocenters. The van der Waals surface area contributed by atoms with Crippen molar-refractivity contribution in [2.75, 3.05) is 6.54 Å². The van der Waals surface area contributed by atoms with Crippen LogP contribution in [0.2, 0.25) is 0 Å². The van der Waals surface area contributed by atoms with Gasteiger partial charge < -0.3 is 5.32 Å². The first-order valence-electron chi connectivity index (χ1n) is 5.67. The fourth-order valence-corrected chi connectivity index (χ4v) is 3.45. The fraction of sp³-hybridized carbons (Fsp3) is 0.417. The molecule has 92 valence electrons. The number of nitrogens with one attached hydrogen (secondary N) is 1. The van der Waals surface area contributed by atoms with Gasteiger partial charge in [-0.3, -0.25) is 4.68 Å². The van der Waals surface area contributed by atoms with Crippen LogP contribution in [-0.2, 0) is 7.05 Å². The van der Waals surface area contributed by atoms with Crippen molar-refractivity contribution in [2.24, 2.45) is 7.05 Å². The summed E-state index contributed by atoms with van der Waals surface area (Å²) in [6.45, 7) is 3.18. The Balaban J connectivity index is 2.28. The van der Waals surface area contributed by atoms with E-state index in [9.17, 15) is 0 Å². The first kappa shape index (κ1) is 12.8. The second kappa shape index (κ2) is 5.80. The van der Waals surface area contributed by atoms with E-state index in [-0.39, 0.29) is 6.04 Å². The van der Waals surface area contributed by atoms with Crippen LogP contribution in [0.25, 0.3) is 0 Å². The SMILES string of the molecule is CCCNC(c1cnn(C)c1)c1sccc1Br. The largest absolute Gasteiger partial charge is 0.305 e. The first-order valence-corrected chi connectivity index (χ1v) is 7.34. The number of thiophene rings is 1. The molecule has 0 aromatic carbocycles. The molecular weight excluding hydrogens is 298 g/mol. The molecule has 2 rings (SSSR count). The zero-order chi connectivity index (χ0) is 12.3. The molecule has 2 heterocycles. The Morgan fingerprint density at radius 3 is 2.94 bits per heavy atom. The van der Waals surface area contributed by atoms with Gasteiger partial charge in [-0.15, -0.1) is 11.3 Å². The van der Waals surface area contributed by atoms with Gasteiger partial charge in [-0.25, -0.2) is 0 Å². The molecule has 0 spiro atoms. The summed E-state index contributed by atoms with van der Waals surface area (Å²) in [5.41, 5.74) is 1.21. The Bertz CT molecular complexity index is 478. The van der Waals surface area contributed by atoms with Gasteiger partial charge in [0.05, 0.1) is 12.2 Å². The molecular formula is C12H16BrN3S. The smallest absolute Gasteiger partial charge is 0.0713 e. The highest BCUT2D eigenvalue weighted by Gasteiger charge is 2.18. The van der Waals surface area contributed by atoms with Crippen molar-refractivity contribution in [3.63, 3.8) is 0 Å². The third-order valence-electron chi connectivity index (χ3n) is 2.56. The Kier molecular flexibility index (Phi) is 4.36. The van der Waals surface area contributed by atoms with E-state index >= 15 is 0 Å². The Morgan fingerprint density at radius 2 is 2.41 bits per heavy atom. The summed E-state index contributed by atoms with van der Waals surface area (Å²) in [5.74, 6) is 0. The van der Waals surface area contributed by atoms with Gasteiger partial charge in [0, 0.05) is 28.2 Å². The van der Waals surface area contributed by atoms with Gasteiger partial charge in [-0.1, -0.05) is 6.92 Å². The standard InChI is InChI=1S/C12H16BrN3S/c1-3-5-14-11(9-7-15-16(2)8-9)12-10(13)4-6-17-12/h4,6-8,11,14H,3,5H2,1-2H3. The van der Waals surface area contributed by atoms with Gasteiger partial charge in [0.2, 0.25) is 0 Å². The number of hydrogen-bond acceptors (Lipinski definition) is 3. The van der Waals surface area contributed by atoms with Gasteiger partial charge in [-0.05, 0) is 40.3 Å². The lowest BCUT2D eigenvalue weighted by Gasteiger charge is -2.16. The summed E-state index contributed by atoms with van der Waals surface area (Å²) in [7, 11) is 1.95. The van der Waals surface area contributed by atoms with Crippen LogP contribution in [0.1, 0.15) is 29.8 Å². The molecule has 0 radical (unpaired) electrons. The van der Waals surface area contributed by atoms with Crippen molar-refractivity contribution in [2.45, 2.75) is 19.4 Å². The van der Waals surface area contributed by atoms with E-state index in [1.165, 1.54) is 14.9 Å². The fourth-order valence-electron chi connectivity index (χ4n) is 1.75. The average molecular weight is 314 g/mol. The summed E-state index contributed by atoms with van der Waals surface area (Å²) < 4.78 is 3.01. The van der Waals surface area contributed by atoms with Crippen LogP contribution in [0.5, 0.6) is 0 Å². The molecule has 3 nitrogen and oxygen atoms in total. The molecule has 0 amide bonds. The van der Waals surface area contributed by atoms with Crippen molar-refractivity contribution in [1.82, 2.24) is 15.1 Å². The minimum absolute atomic E-state index is 0.234. The average Bonchev–Trinajstić information content (AvgIpc) is 2.90. The van der Waals surface area contributed by atoms with Crippen LogP contribution in [0.3, 0.4) is 0 Å². The van der Waals surface area contributed by atoms with E-state index in [1.807, 2.05) is 17.9 Å². The van der Waals surface area contributed by atoms with Crippen LogP contribution in [-0.4, -0.2) is 16.3 Å². The maximum Gasteiger partial charge on any atom is 0.0713 e. The van der Waals surface area contributed by atoms with E-state index in [0.717, 1.165) is 13.0 Å². The molecule has 0 saturated heterocycles. The summed E-state index contributed by atoms with van der Waals surface area (Å²) in [6, 6.07) is 2.33. The topological polar surface area (TPSA) is 29.9 Å². The highest BCUT2D eigenvalue weighted by Crippen LogP contribution is 2.32. The molecule has 5 heteroatoms. The number of aryl methyl sites for hydroxylation is 1. The van der Waals surface area contributed by atoms with E-state index in [1.54, 1.807) is 11.3 Å². The van der Waals surface area contributed by atoms with Crippen molar-refractivity contribution >= 4 is 27.3 Å². The van der Waals surface area contributed by atoms with Gasteiger partial charge in [0.15, 0.2) is 0 Å². The van der Waals surface area contributed by atoms with Crippen molar-refractivity contribution in [3.05, 3.63) is 38.8 Å². The van der Waals surface area contributed by atoms with E-state index < -0.39 is 0 Å². The number of halogens is 1. The van der Waals surface area contributed by atoms with E-state index in [0.29, 0.717) is 0 Å². The van der Waals surface area contributed by atoms with Crippen LogP contribution < -0.4 is 5.32 Å². The second-order valence-corrected chi connectivity index (χ2v) is 5.77. The van der Waals surface area contributed by atoms with Crippen LogP contribution in [0, 0.1) is 0 Å². The number of hydrogen-bond donors (Lipinski definition) is 1. The maximum absolute atomic E-state index is 4.25. The summed E-state index contributed by atoms with van der Waals surface area (Å²) in [4.78, 5) is 1.31. The molecule has 1 atom stereocenters. The zero-order valence-corrected chi connectivity index (χ0v) is 12.4. The Hall–Kier alpha value is -0.650. The highest BCUT2D eigenvalue weighted by atomic mass is 79.9. The van der Waals surface area contributed by atoms with Crippen molar-refractivity contribution in [1.29, 1.82) is 0 Å². The molecule has 17 heavy (non-hydrogen) atoms. The molecule has 2 aromatic rings. The molecule has 0 fully saturated rings. The quantitative estimate of drug-likeness (QED) is 0.917. The zero-order valence-electron chi connectivity index (χ0n) is 9.98. The molecule has 0 aliphatic carbocycles. The first-order chi connectivity index (χ1) is 8.22. The summed E-state index contributed by atoms with van der Waals surface area (Å²) in [5, 5.41) is 9.93. The van der Waals surface area contributed by atoms with Crippen LogP contribution in [0.4, 0.5) is 0 Å². The van der Waals surface area contributed by atoms with Crippen molar-refractivity contribution in [3.8, 4) is 0 Å². The van der Waals surface area contributed by atoms with Gasteiger partial charge in [0.1, 0.15) is 0 Å². The third kappa shape index (κ3) is 2.97. The van der Waals surface area contributed by atoms with Gasteiger partial charge >= 0.3 is 0 Å². The Morgan fingerprint density at radius 1 is 1.59 bits per heavy atom. The second-order valence-electron chi connectivity index (χ2n) is 3.97. The minimum atomic E-state index is 0.234. The molecule has 2 aromatic heterocycles. The monoisotopic (exact) mass is 313 g/mol. The normalized spacial score (nSPS) is 12.9. The lowest BCUT2D eigenvalue weighted by Crippen LogP contribution is -2.22. The number of aromatic nitrogens is 2. The molecule has 0 bridgehead atoms. The van der Waals surface area contributed by atoms with E-state index in [2.05, 4.69) is 50.9 Å². The molecule has 1 N–H and O–H groups in total. The lowest BCUT2D eigenvalue weighted by atomic mass is 10.1.